The monoisotopic (exact) mass is 604 g/mol. The molecular formula is C29H48N8O6. The molecule has 14 heteroatoms. The van der Waals surface area contributed by atoms with Crippen LogP contribution < -0.4 is 26.6 Å². The van der Waals surface area contributed by atoms with Gasteiger partial charge in [-0.2, -0.15) is 15.0 Å². The second kappa shape index (κ2) is 17.0. The number of phenols is 2. The van der Waals surface area contributed by atoms with E-state index < -0.39 is 23.4 Å². The van der Waals surface area contributed by atoms with E-state index >= 15 is 0 Å². The van der Waals surface area contributed by atoms with Gasteiger partial charge in [0, 0.05) is 32.7 Å². The molecule has 0 aliphatic rings. The molecule has 1 aromatic carbocycles. The summed E-state index contributed by atoms with van der Waals surface area (Å²) in [5, 5.41) is 34.3. The quantitative estimate of drug-likeness (QED) is 0.106. The zero-order valence-corrected chi connectivity index (χ0v) is 26.2. The van der Waals surface area contributed by atoms with Gasteiger partial charge in [0.25, 0.3) is 0 Å². The van der Waals surface area contributed by atoms with Crippen molar-refractivity contribution < 1.29 is 29.3 Å². The maximum atomic E-state index is 11.8. The van der Waals surface area contributed by atoms with Gasteiger partial charge in [0.2, 0.25) is 17.8 Å². The van der Waals surface area contributed by atoms with Crippen LogP contribution in [0.25, 0.3) is 0 Å². The molecule has 0 fully saturated rings. The maximum absolute atomic E-state index is 11.8. The Hall–Kier alpha value is -4.23. The Morgan fingerprint density at radius 3 is 1.49 bits per heavy atom. The lowest BCUT2D eigenvalue weighted by Gasteiger charge is -2.19. The fourth-order valence-corrected chi connectivity index (χ4v) is 3.57. The molecule has 0 aliphatic heterocycles. The molecular weight excluding hydrogens is 556 g/mol. The Morgan fingerprint density at radius 2 is 1.07 bits per heavy atom. The van der Waals surface area contributed by atoms with Crippen molar-refractivity contribution >= 4 is 30.0 Å². The first-order valence-electron chi connectivity index (χ1n) is 14.6. The van der Waals surface area contributed by atoms with Crippen LogP contribution in [0, 0.1) is 0 Å². The van der Waals surface area contributed by atoms with Gasteiger partial charge in [0.1, 0.15) is 11.2 Å². The van der Waals surface area contributed by atoms with E-state index in [1.54, 1.807) is 6.07 Å². The van der Waals surface area contributed by atoms with Crippen LogP contribution >= 0.6 is 0 Å². The van der Waals surface area contributed by atoms with E-state index in [1.165, 1.54) is 12.1 Å². The lowest BCUT2D eigenvalue weighted by molar-refractivity contribution is 0.0515. The minimum absolute atomic E-state index is 0.165. The van der Waals surface area contributed by atoms with Crippen LogP contribution in [-0.2, 0) is 15.9 Å². The van der Waals surface area contributed by atoms with Crippen LogP contribution in [0.2, 0.25) is 0 Å². The molecule has 0 saturated heterocycles. The van der Waals surface area contributed by atoms with E-state index in [-0.39, 0.29) is 11.5 Å². The molecule has 0 spiro atoms. The van der Waals surface area contributed by atoms with Gasteiger partial charge in [-0.3, -0.25) is 0 Å². The van der Waals surface area contributed by atoms with Crippen molar-refractivity contribution in [3.8, 4) is 11.5 Å². The number of ether oxygens (including phenoxy) is 2. The molecule has 14 nitrogen and oxygen atoms in total. The number of carbonyl (C=O) groups is 2. The summed E-state index contributed by atoms with van der Waals surface area (Å²) < 4.78 is 10.5. The third kappa shape index (κ3) is 16.1. The number of unbranched alkanes of at least 4 members (excludes halogenated alkanes) is 2. The van der Waals surface area contributed by atoms with Crippen LogP contribution in [-0.4, -0.2) is 81.3 Å². The van der Waals surface area contributed by atoms with Gasteiger partial charge in [0.15, 0.2) is 11.5 Å². The fourth-order valence-electron chi connectivity index (χ4n) is 3.57. The highest BCUT2D eigenvalue weighted by atomic mass is 16.6. The summed E-state index contributed by atoms with van der Waals surface area (Å²) in [6, 6.07) is 4.70. The van der Waals surface area contributed by atoms with Gasteiger partial charge in [-0.15, -0.1) is 0 Å². The highest BCUT2D eigenvalue weighted by Gasteiger charge is 2.16. The van der Waals surface area contributed by atoms with Crippen molar-refractivity contribution in [3.63, 3.8) is 0 Å². The van der Waals surface area contributed by atoms with Crippen LogP contribution in [0.1, 0.15) is 72.8 Å². The predicted molar refractivity (Wildman–Crippen MR) is 166 cm³/mol. The van der Waals surface area contributed by atoms with Crippen molar-refractivity contribution in [2.45, 2.75) is 84.8 Å². The van der Waals surface area contributed by atoms with Crippen LogP contribution in [0.3, 0.4) is 0 Å². The Morgan fingerprint density at radius 1 is 0.651 bits per heavy atom. The predicted octanol–water partition coefficient (Wildman–Crippen LogP) is 4.37. The van der Waals surface area contributed by atoms with E-state index in [9.17, 15) is 19.8 Å². The van der Waals surface area contributed by atoms with E-state index in [1.807, 2.05) is 41.5 Å². The van der Waals surface area contributed by atoms with E-state index in [4.69, 9.17) is 9.47 Å². The number of hydrogen-bond donors (Lipinski definition) is 7. The summed E-state index contributed by atoms with van der Waals surface area (Å²) in [7, 11) is 0. The maximum Gasteiger partial charge on any atom is 0.407 e. The molecule has 2 rings (SSSR count). The lowest BCUT2D eigenvalue weighted by Crippen LogP contribution is -2.33. The van der Waals surface area contributed by atoms with Gasteiger partial charge in [0.05, 0.1) is 0 Å². The first kappa shape index (κ1) is 35.0. The van der Waals surface area contributed by atoms with Crippen molar-refractivity contribution in [1.29, 1.82) is 0 Å². The average Bonchev–Trinajstić information content (AvgIpc) is 2.88. The number of alkyl carbamates (subject to hydrolysis) is 2. The number of hydrogen-bond acceptors (Lipinski definition) is 12. The highest BCUT2D eigenvalue weighted by molar-refractivity contribution is 5.67. The van der Waals surface area contributed by atoms with Gasteiger partial charge >= 0.3 is 12.2 Å². The number of carbonyl (C=O) groups excluding carboxylic acids is 2. The molecule has 240 valence electrons. The fraction of sp³-hybridized carbons (Fsp3) is 0.621. The summed E-state index contributed by atoms with van der Waals surface area (Å²) in [4.78, 5) is 37.0. The second-order valence-corrected chi connectivity index (χ2v) is 11.9. The summed E-state index contributed by atoms with van der Waals surface area (Å²) >= 11 is 0. The topological polar surface area (TPSA) is 192 Å². The molecule has 0 bridgehead atoms. The number of rotatable bonds is 16. The summed E-state index contributed by atoms with van der Waals surface area (Å²) in [6.45, 7) is 13.5. The van der Waals surface area contributed by atoms with Gasteiger partial charge in [-0.25, -0.2) is 9.59 Å². The molecule has 0 radical (unpaired) electrons. The summed E-state index contributed by atoms with van der Waals surface area (Å²) in [6.07, 6.45) is 2.71. The smallest absolute Gasteiger partial charge is 0.407 e. The summed E-state index contributed by atoms with van der Waals surface area (Å²) in [5.74, 6) is 0.837. The SMILES string of the molecule is CC(C)(C)OC(=O)NCCCCNc1nc(NCCCCNC(=O)OC(C)(C)C)nc(NCCc2ccc(O)c(O)c2)n1. The van der Waals surface area contributed by atoms with Crippen LogP contribution in [0.4, 0.5) is 27.4 Å². The number of amides is 2. The molecule has 1 aromatic heterocycles. The first-order valence-corrected chi connectivity index (χ1v) is 14.6. The summed E-state index contributed by atoms with van der Waals surface area (Å²) in [5.41, 5.74) is -0.233. The molecule has 0 aliphatic carbocycles. The molecule has 0 unspecified atom stereocenters. The number of aromatic nitrogens is 3. The average molecular weight is 605 g/mol. The molecule has 2 aromatic rings. The van der Waals surface area contributed by atoms with Crippen LogP contribution in [0.15, 0.2) is 18.2 Å². The highest BCUT2D eigenvalue weighted by Crippen LogP contribution is 2.25. The lowest BCUT2D eigenvalue weighted by atomic mass is 10.1. The standard InChI is InChI=1S/C29H48N8O6/c1-28(2,3)42-26(40)33-16-9-7-14-30-23-35-24(31-15-8-10-17-34-27(41)43-29(4,5)6)37-25(36-23)32-18-13-20-11-12-21(38)22(39)19-20/h11-12,19,38-39H,7-10,13-18H2,1-6H3,(H,33,40)(H,34,41)(H3,30,31,32,35,36,37). The molecule has 0 atom stereocenters. The third-order valence-electron chi connectivity index (χ3n) is 5.48. The van der Waals surface area contributed by atoms with E-state index in [0.717, 1.165) is 31.2 Å². The minimum atomic E-state index is -0.537. The Bertz CT molecular complexity index is 1110. The molecule has 1 heterocycles. The van der Waals surface area contributed by atoms with Gasteiger partial charge < -0.3 is 46.3 Å². The van der Waals surface area contributed by atoms with Gasteiger partial charge in [-0.1, -0.05) is 6.07 Å². The molecule has 43 heavy (non-hydrogen) atoms. The number of aromatic hydroxyl groups is 2. The van der Waals surface area contributed by atoms with Crippen molar-refractivity contribution in [2.24, 2.45) is 0 Å². The third-order valence-corrected chi connectivity index (χ3v) is 5.48. The Kier molecular flexibility index (Phi) is 13.8. The molecule has 7 N–H and O–H groups in total. The molecule has 0 saturated carbocycles. The van der Waals surface area contributed by atoms with E-state index in [0.29, 0.717) is 57.0 Å². The number of anilines is 3. The minimum Gasteiger partial charge on any atom is -0.504 e. The Balaban J connectivity index is 1.86. The number of phenolic OH excluding ortho intramolecular Hbond substituents is 2. The van der Waals surface area contributed by atoms with Crippen molar-refractivity contribution in [1.82, 2.24) is 25.6 Å². The number of nitrogens with one attached hydrogen (secondary N) is 5. The van der Waals surface area contributed by atoms with E-state index in [2.05, 4.69) is 41.5 Å². The number of nitrogens with zero attached hydrogens (tertiary/aromatic N) is 3. The van der Waals surface area contributed by atoms with Crippen molar-refractivity contribution in [3.05, 3.63) is 23.8 Å². The van der Waals surface area contributed by atoms with Crippen LogP contribution in [0.5, 0.6) is 11.5 Å². The van der Waals surface area contributed by atoms with Gasteiger partial charge in [-0.05, 0) is 91.3 Å². The zero-order chi connectivity index (χ0) is 31.9. The second-order valence-electron chi connectivity index (χ2n) is 11.9. The Labute approximate surface area is 253 Å². The first-order chi connectivity index (χ1) is 20.2. The normalized spacial score (nSPS) is 11.4. The molecule has 2 amide bonds. The van der Waals surface area contributed by atoms with Crippen molar-refractivity contribution in [2.75, 3.05) is 48.7 Å². The number of benzene rings is 1. The largest absolute Gasteiger partial charge is 0.504 e. The zero-order valence-electron chi connectivity index (χ0n) is 26.2.